The van der Waals surface area contributed by atoms with Crippen LogP contribution >= 0.6 is 0 Å². The number of benzene rings is 2. The Morgan fingerprint density at radius 1 is 0.913 bits per heavy atom. The molecule has 1 aliphatic heterocycles. The number of hydrogen-bond donors (Lipinski definition) is 0. The van der Waals surface area contributed by atoms with Gasteiger partial charge in [-0.2, -0.15) is 0 Å². The van der Waals surface area contributed by atoms with E-state index in [4.69, 9.17) is 4.74 Å². The maximum atomic E-state index is 12.6. The van der Waals surface area contributed by atoms with Crippen LogP contribution in [0.3, 0.4) is 0 Å². The summed E-state index contributed by atoms with van der Waals surface area (Å²) in [5, 5.41) is 0. The van der Waals surface area contributed by atoms with Gasteiger partial charge in [0.1, 0.15) is 6.10 Å². The van der Waals surface area contributed by atoms with E-state index in [-0.39, 0.29) is 18.0 Å². The molecular weight excluding hydrogens is 284 g/mol. The molecule has 0 unspecified atom stereocenters. The van der Waals surface area contributed by atoms with Gasteiger partial charge in [0, 0.05) is 5.92 Å². The number of rotatable bonds is 2. The van der Waals surface area contributed by atoms with Gasteiger partial charge >= 0.3 is 5.97 Å². The first kappa shape index (κ1) is 14.0. The minimum absolute atomic E-state index is 0.103. The first-order chi connectivity index (χ1) is 11.3. The second-order valence-corrected chi connectivity index (χ2v) is 6.00. The van der Waals surface area contributed by atoms with Crippen LogP contribution in [-0.4, -0.2) is 12.1 Å². The maximum Gasteiger partial charge on any atom is 0.335 e. The van der Waals surface area contributed by atoms with E-state index in [0.29, 0.717) is 0 Å². The van der Waals surface area contributed by atoms with Crippen LogP contribution in [0.1, 0.15) is 24.0 Å². The summed E-state index contributed by atoms with van der Waals surface area (Å²) in [6, 6.07) is 20.3. The zero-order valence-corrected chi connectivity index (χ0v) is 12.8. The third kappa shape index (κ3) is 2.50. The monoisotopic (exact) mass is 302 g/mol. The van der Waals surface area contributed by atoms with Crippen molar-refractivity contribution in [1.29, 1.82) is 0 Å². The largest absolute Gasteiger partial charge is 0.454 e. The number of carbonyl (C=O) groups is 1. The zero-order chi connectivity index (χ0) is 15.6. The third-order valence-corrected chi connectivity index (χ3v) is 4.59. The lowest BCUT2D eigenvalue weighted by Gasteiger charge is -2.20. The van der Waals surface area contributed by atoms with E-state index in [0.717, 1.165) is 35.1 Å². The molecule has 0 radical (unpaired) electrons. The standard InChI is InChI=1S/C21H18O2/c22-21-20(17-13-7-8-14-18(17)23-21)19(15-9-3-1-4-10-15)16-11-5-2-6-12-16/h1-6,8-12,14,17-18H,7,13H2/t17-,18+/m0/s1. The Kier molecular flexibility index (Phi) is 3.58. The van der Waals surface area contributed by atoms with Gasteiger partial charge in [0.15, 0.2) is 0 Å². The molecule has 2 heteroatoms. The van der Waals surface area contributed by atoms with Crippen LogP contribution in [0, 0.1) is 5.92 Å². The molecule has 2 aliphatic rings. The lowest BCUT2D eigenvalue weighted by atomic mass is 9.81. The first-order valence-corrected chi connectivity index (χ1v) is 8.07. The van der Waals surface area contributed by atoms with Gasteiger partial charge in [-0.1, -0.05) is 66.7 Å². The van der Waals surface area contributed by atoms with Crippen molar-refractivity contribution in [2.24, 2.45) is 5.92 Å². The van der Waals surface area contributed by atoms with Crippen LogP contribution in [0.25, 0.3) is 5.57 Å². The summed E-state index contributed by atoms with van der Waals surface area (Å²) >= 11 is 0. The summed E-state index contributed by atoms with van der Waals surface area (Å²) in [5.41, 5.74) is 3.98. The number of ether oxygens (including phenoxy) is 1. The van der Waals surface area contributed by atoms with Crippen molar-refractivity contribution in [1.82, 2.24) is 0 Å². The highest BCUT2D eigenvalue weighted by atomic mass is 16.5. The molecule has 0 saturated carbocycles. The van der Waals surface area contributed by atoms with Crippen molar-refractivity contribution in [3.05, 3.63) is 89.5 Å². The van der Waals surface area contributed by atoms with Crippen LogP contribution in [0.4, 0.5) is 0 Å². The van der Waals surface area contributed by atoms with E-state index in [1.165, 1.54) is 0 Å². The average molecular weight is 302 g/mol. The van der Waals surface area contributed by atoms with Crippen LogP contribution < -0.4 is 0 Å². The topological polar surface area (TPSA) is 26.3 Å². The normalized spacial score (nSPS) is 22.6. The van der Waals surface area contributed by atoms with Gasteiger partial charge in [-0.3, -0.25) is 0 Å². The molecule has 2 nitrogen and oxygen atoms in total. The van der Waals surface area contributed by atoms with Gasteiger partial charge in [0.05, 0.1) is 5.57 Å². The van der Waals surface area contributed by atoms with E-state index in [1.807, 2.05) is 42.5 Å². The molecule has 23 heavy (non-hydrogen) atoms. The Bertz CT molecular complexity index is 731. The Morgan fingerprint density at radius 2 is 1.52 bits per heavy atom. The zero-order valence-electron chi connectivity index (χ0n) is 12.8. The maximum absolute atomic E-state index is 12.6. The third-order valence-electron chi connectivity index (χ3n) is 4.59. The Labute approximate surface area is 136 Å². The van der Waals surface area contributed by atoms with E-state index < -0.39 is 0 Å². The van der Waals surface area contributed by atoms with Gasteiger partial charge in [0.2, 0.25) is 0 Å². The SMILES string of the molecule is O=C1O[C@@H]2C=CCC[C@@H]2C1=C(c1ccccc1)c1ccccc1. The summed E-state index contributed by atoms with van der Waals surface area (Å²) in [4.78, 5) is 12.6. The van der Waals surface area contributed by atoms with Crippen molar-refractivity contribution in [3.8, 4) is 0 Å². The van der Waals surface area contributed by atoms with Crippen LogP contribution in [0.5, 0.6) is 0 Å². The molecule has 0 spiro atoms. The molecule has 1 saturated heterocycles. The van der Waals surface area contributed by atoms with Crippen molar-refractivity contribution in [2.45, 2.75) is 18.9 Å². The molecular formula is C21H18O2. The molecule has 2 aromatic rings. The molecule has 0 aromatic heterocycles. The Hall–Kier alpha value is -2.61. The number of fused-ring (bicyclic) bond motifs is 1. The molecule has 1 aliphatic carbocycles. The molecule has 1 fully saturated rings. The summed E-state index contributed by atoms with van der Waals surface area (Å²) in [6.07, 6.45) is 6.01. The smallest absolute Gasteiger partial charge is 0.335 e. The van der Waals surface area contributed by atoms with Crippen molar-refractivity contribution in [2.75, 3.05) is 0 Å². The molecule has 2 aromatic carbocycles. The second-order valence-electron chi connectivity index (χ2n) is 6.00. The lowest BCUT2D eigenvalue weighted by Crippen LogP contribution is -2.17. The fourth-order valence-corrected chi connectivity index (χ4v) is 3.55. The lowest BCUT2D eigenvalue weighted by molar-refractivity contribution is -0.137. The molecule has 0 amide bonds. The molecule has 4 rings (SSSR count). The highest BCUT2D eigenvalue weighted by molar-refractivity contribution is 6.04. The summed E-state index contributed by atoms with van der Waals surface area (Å²) in [6.45, 7) is 0. The van der Waals surface area contributed by atoms with E-state index >= 15 is 0 Å². The average Bonchev–Trinajstić information content (AvgIpc) is 2.94. The van der Waals surface area contributed by atoms with Crippen molar-refractivity contribution < 1.29 is 9.53 Å². The molecule has 0 bridgehead atoms. The first-order valence-electron chi connectivity index (χ1n) is 8.07. The Morgan fingerprint density at radius 3 is 2.13 bits per heavy atom. The summed E-state index contributed by atoms with van der Waals surface area (Å²) < 4.78 is 5.62. The quantitative estimate of drug-likeness (QED) is 0.467. The fourth-order valence-electron chi connectivity index (χ4n) is 3.55. The van der Waals surface area contributed by atoms with Crippen LogP contribution in [0.2, 0.25) is 0 Å². The molecule has 1 heterocycles. The van der Waals surface area contributed by atoms with Crippen LogP contribution in [-0.2, 0) is 9.53 Å². The van der Waals surface area contributed by atoms with E-state index in [2.05, 4.69) is 30.3 Å². The Balaban J connectivity index is 1.94. The second kappa shape index (κ2) is 5.88. The summed E-state index contributed by atoms with van der Waals surface area (Å²) in [7, 11) is 0. The highest BCUT2D eigenvalue weighted by Gasteiger charge is 2.41. The van der Waals surface area contributed by atoms with Gasteiger partial charge in [0.25, 0.3) is 0 Å². The van der Waals surface area contributed by atoms with Gasteiger partial charge in [-0.05, 0) is 35.6 Å². The number of hydrogen-bond acceptors (Lipinski definition) is 2. The number of carbonyl (C=O) groups excluding carboxylic acids is 1. The predicted octanol–water partition coefficient (Wildman–Crippen LogP) is 4.38. The van der Waals surface area contributed by atoms with Crippen LogP contribution in [0.15, 0.2) is 78.4 Å². The van der Waals surface area contributed by atoms with Crippen molar-refractivity contribution in [3.63, 3.8) is 0 Å². The van der Waals surface area contributed by atoms with Gasteiger partial charge in [-0.15, -0.1) is 0 Å². The molecule has 2 atom stereocenters. The minimum Gasteiger partial charge on any atom is -0.454 e. The van der Waals surface area contributed by atoms with Crippen molar-refractivity contribution >= 4 is 11.5 Å². The molecule has 0 N–H and O–H groups in total. The van der Waals surface area contributed by atoms with Gasteiger partial charge in [-0.25, -0.2) is 4.79 Å². The van der Waals surface area contributed by atoms with E-state index in [9.17, 15) is 4.79 Å². The highest BCUT2D eigenvalue weighted by Crippen LogP contribution is 2.41. The summed E-state index contributed by atoms with van der Waals surface area (Å²) in [5.74, 6) is -0.0165. The predicted molar refractivity (Wildman–Crippen MR) is 90.7 cm³/mol. The van der Waals surface area contributed by atoms with Gasteiger partial charge < -0.3 is 4.74 Å². The number of allylic oxidation sites excluding steroid dienone is 1. The van der Waals surface area contributed by atoms with E-state index in [1.54, 1.807) is 0 Å². The minimum atomic E-state index is -0.172. The molecule has 114 valence electrons. The fraction of sp³-hybridized carbons (Fsp3) is 0.190. The number of esters is 1.